The van der Waals surface area contributed by atoms with E-state index < -0.39 is 11.9 Å². The molecule has 1 atom stereocenters. The molecule has 1 aromatic heterocycles. The fraction of sp³-hybridized carbons (Fsp3) is 0.615. The van der Waals surface area contributed by atoms with Crippen molar-refractivity contribution in [2.45, 2.75) is 25.7 Å². The molecular formula is C13H19N3O3. The van der Waals surface area contributed by atoms with Crippen LogP contribution >= 0.6 is 0 Å². The molecule has 19 heavy (non-hydrogen) atoms. The minimum absolute atomic E-state index is 0.0344. The maximum absolute atomic E-state index is 12.1. The predicted octanol–water partition coefficient (Wildman–Crippen LogP) is 0.676. The van der Waals surface area contributed by atoms with Crippen molar-refractivity contribution in [2.24, 2.45) is 13.0 Å². The number of nitrogens with zero attached hydrogens (tertiary/aromatic N) is 3. The van der Waals surface area contributed by atoms with Gasteiger partial charge >= 0.3 is 5.97 Å². The van der Waals surface area contributed by atoms with Gasteiger partial charge in [-0.15, -0.1) is 0 Å². The van der Waals surface area contributed by atoms with Crippen molar-refractivity contribution in [1.82, 2.24) is 14.7 Å². The molecule has 1 aliphatic rings. The van der Waals surface area contributed by atoms with Gasteiger partial charge in [0.05, 0.1) is 5.92 Å². The van der Waals surface area contributed by atoms with Gasteiger partial charge in [0.15, 0.2) is 0 Å². The van der Waals surface area contributed by atoms with Crippen LogP contribution in [0.1, 0.15) is 25.0 Å². The number of aromatic nitrogens is 2. The average Bonchev–Trinajstić information content (AvgIpc) is 2.81. The van der Waals surface area contributed by atoms with Crippen molar-refractivity contribution in [3.63, 3.8) is 0 Å². The van der Waals surface area contributed by atoms with Crippen LogP contribution in [-0.2, 0) is 23.1 Å². The molecule has 6 nitrogen and oxygen atoms in total. The smallest absolute Gasteiger partial charge is 0.308 e. The maximum atomic E-state index is 12.1. The normalized spacial score (nSPS) is 19.4. The van der Waals surface area contributed by atoms with Gasteiger partial charge in [-0.25, -0.2) is 0 Å². The zero-order valence-corrected chi connectivity index (χ0v) is 11.1. The van der Waals surface area contributed by atoms with Crippen LogP contribution in [0.25, 0.3) is 0 Å². The molecule has 1 N–H and O–H groups in total. The largest absolute Gasteiger partial charge is 0.481 e. The molecule has 104 valence electrons. The summed E-state index contributed by atoms with van der Waals surface area (Å²) in [5.41, 5.74) is 1.01. The van der Waals surface area contributed by atoms with Crippen molar-refractivity contribution in [3.8, 4) is 0 Å². The predicted molar refractivity (Wildman–Crippen MR) is 68.5 cm³/mol. The van der Waals surface area contributed by atoms with E-state index in [1.54, 1.807) is 15.8 Å². The Morgan fingerprint density at radius 2 is 2.32 bits per heavy atom. The molecule has 2 rings (SSSR count). The number of hydrogen-bond donors (Lipinski definition) is 1. The Morgan fingerprint density at radius 1 is 1.53 bits per heavy atom. The van der Waals surface area contributed by atoms with Gasteiger partial charge < -0.3 is 10.0 Å². The molecule has 0 bridgehead atoms. The topological polar surface area (TPSA) is 75.4 Å². The maximum Gasteiger partial charge on any atom is 0.308 e. The van der Waals surface area contributed by atoms with E-state index in [4.69, 9.17) is 5.11 Å². The monoisotopic (exact) mass is 265 g/mol. The number of aryl methyl sites for hydroxylation is 2. The number of carboxylic acids is 1. The van der Waals surface area contributed by atoms with E-state index in [2.05, 4.69) is 5.10 Å². The van der Waals surface area contributed by atoms with E-state index in [9.17, 15) is 9.59 Å². The summed E-state index contributed by atoms with van der Waals surface area (Å²) in [6.07, 6.45) is 4.20. The molecule has 1 amide bonds. The average molecular weight is 265 g/mol. The van der Waals surface area contributed by atoms with Gasteiger partial charge in [-0.2, -0.15) is 5.10 Å². The quantitative estimate of drug-likeness (QED) is 0.868. The Morgan fingerprint density at radius 3 is 2.95 bits per heavy atom. The van der Waals surface area contributed by atoms with Crippen LogP contribution in [0.15, 0.2) is 12.3 Å². The van der Waals surface area contributed by atoms with Gasteiger partial charge in [-0.3, -0.25) is 14.3 Å². The molecule has 0 aromatic carbocycles. The van der Waals surface area contributed by atoms with Gasteiger partial charge in [-0.1, -0.05) is 0 Å². The molecule has 0 aliphatic carbocycles. The molecule has 0 radical (unpaired) electrons. The Kier molecular flexibility index (Phi) is 4.19. The zero-order chi connectivity index (χ0) is 13.8. The number of carboxylic acid groups (broad SMARTS) is 1. The number of piperidine rings is 1. The third-order valence-corrected chi connectivity index (χ3v) is 3.64. The third-order valence-electron chi connectivity index (χ3n) is 3.64. The molecule has 0 spiro atoms. The summed E-state index contributed by atoms with van der Waals surface area (Å²) >= 11 is 0. The van der Waals surface area contributed by atoms with Crippen LogP contribution < -0.4 is 0 Å². The van der Waals surface area contributed by atoms with Crippen molar-refractivity contribution < 1.29 is 14.7 Å². The van der Waals surface area contributed by atoms with E-state index in [0.717, 1.165) is 12.1 Å². The van der Waals surface area contributed by atoms with Crippen molar-refractivity contribution in [2.75, 3.05) is 13.1 Å². The molecule has 1 aromatic rings. The van der Waals surface area contributed by atoms with Gasteiger partial charge in [0.1, 0.15) is 0 Å². The SMILES string of the molecule is Cn1nccc1CCC(=O)N1CCCC(C(=O)O)C1. The molecule has 1 aliphatic heterocycles. The number of carbonyl (C=O) groups is 2. The number of aliphatic carboxylic acids is 1. The van der Waals surface area contributed by atoms with Gasteiger partial charge in [0.25, 0.3) is 0 Å². The highest BCUT2D eigenvalue weighted by Gasteiger charge is 2.27. The Balaban J connectivity index is 1.86. The molecule has 6 heteroatoms. The van der Waals surface area contributed by atoms with Crippen LogP contribution in [-0.4, -0.2) is 44.8 Å². The zero-order valence-electron chi connectivity index (χ0n) is 11.1. The summed E-state index contributed by atoms with van der Waals surface area (Å²) in [6, 6.07) is 1.89. The van der Waals surface area contributed by atoms with Crippen molar-refractivity contribution in [1.29, 1.82) is 0 Å². The second-order valence-corrected chi connectivity index (χ2v) is 4.96. The second kappa shape index (κ2) is 5.86. The van der Waals surface area contributed by atoms with Gasteiger partial charge in [0.2, 0.25) is 5.91 Å². The Labute approximate surface area is 112 Å². The lowest BCUT2D eigenvalue weighted by molar-refractivity contribution is -0.145. The van der Waals surface area contributed by atoms with Crippen LogP contribution in [0.3, 0.4) is 0 Å². The first-order valence-electron chi connectivity index (χ1n) is 6.55. The molecule has 0 saturated carbocycles. The summed E-state index contributed by atoms with van der Waals surface area (Å²) in [5.74, 6) is -1.18. The van der Waals surface area contributed by atoms with Gasteiger partial charge in [0, 0.05) is 38.4 Å². The lowest BCUT2D eigenvalue weighted by atomic mass is 9.98. The number of hydrogen-bond acceptors (Lipinski definition) is 3. The van der Waals surface area contributed by atoms with Crippen molar-refractivity contribution in [3.05, 3.63) is 18.0 Å². The fourth-order valence-corrected chi connectivity index (χ4v) is 2.44. The number of amides is 1. The summed E-state index contributed by atoms with van der Waals surface area (Å²) in [5, 5.41) is 13.1. The molecule has 1 saturated heterocycles. The van der Waals surface area contributed by atoms with Crippen molar-refractivity contribution >= 4 is 11.9 Å². The summed E-state index contributed by atoms with van der Waals surface area (Å²) in [4.78, 5) is 24.7. The highest BCUT2D eigenvalue weighted by atomic mass is 16.4. The minimum atomic E-state index is -0.802. The number of likely N-dealkylation sites (tertiary alicyclic amines) is 1. The number of carbonyl (C=O) groups excluding carboxylic acids is 1. The first kappa shape index (κ1) is 13.6. The lowest BCUT2D eigenvalue weighted by Gasteiger charge is -2.30. The van der Waals surface area contributed by atoms with Crippen LogP contribution in [0.5, 0.6) is 0 Å². The fourth-order valence-electron chi connectivity index (χ4n) is 2.44. The highest BCUT2D eigenvalue weighted by molar-refractivity contribution is 5.78. The molecule has 2 heterocycles. The Bertz CT molecular complexity index is 469. The molecular weight excluding hydrogens is 246 g/mol. The first-order valence-corrected chi connectivity index (χ1v) is 6.55. The second-order valence-electron chi connectivity index (χ2n) is 4.96. The minimum Gasteiger partial charge on any atom is -0.481 e. The van der Waals surface area contributed by atoms with Crippen LogP contribution in [0, 0.1) is 5.92 Å². The summed E-state index contributed by atoms with van der Waals surface area (Å²) < 4.78 is 1.75. The Hall–Kier alpha value is -1.85. The molecule has 1 fully saturated rings. The highest BCUT2D eigenvalue weighted by Crippen LogP contribution is 2.17. The van der Waals surface area contributed by atoms with Gasteiger partial charge in [-0.05, 0) is 25.3 Å². The summed E-state index contributed by atoms with van der Waals surface area (Å²) in [6.45, 7) is 1.02. The lowest BCUT2D eigenvalue weighted by Crippen LogP contribution is -2.42. The first-order chi connectivity index (χ1) is 9.08. The van der Waals surface area contributed by atoms with E-state index in [-0.39, 0.29) is 5.91 Å². The van der Waals surface area contributed by atoms with E-state index in [1.165, 1.54) is 0 Å². The van der Waals surface area contributed by atoms with Crippen LogP contribution in [0.2, 0.25) is 0 Å². The standard InChI is InChI=1S/C13H19N3O3/c1-15-11(6-7-14-15)4-5-12(17)16-8-2-3-10(9-16)13(18)19/h6-7,10H,2-5,8-9H2,1H3,(H,18,19). The number of rotatable bonds is 4. The third kappa shape index (κ3) is 3.33. The molecule has 1 unspecified atom stereocenters. The van der Waals surface area contributed by atoms with E-state index in [0.29, 0.717) is 32.4 Å². The van der Waals surface area contributed by atoms with E-state index in [1.807, 2.05) is 13.1 Å². The summed E-state index contributed by atoms with van der Waals surface area (Å²) in [7, 11) is 1.85. The van der Waals surface area contributed by atoms with E-state index >= 15 is 0 Å². The van der Waals surface area contributed by atoms with Crippen LogP contribution in [0.4, 0.5) is 0 Å².